The maximum Gasteiger partial charge on any atom is 0.113 e. The summed E-state index contributed by atoms with van der Waals surface area (Å²) in [5.41, 5.74) is 3.12. The van der Waals surface area contributed by atoms with Crippen molar-refractivity contribution in [3.8, 4) is 0 Å². The number of hydrogen-bond donors (Lipinski definition) is 0. The van der Waals surface area contributed by atoms with Gasteiger partial charge in [0.15, 0.2) is 0 Å². The molecule has 0 radical (unpaired) electrons. The van der Waals surface area contributed by atoms with Crippen LogP contribution in [0.1, 0.15) is 26.3 Å². The molecule has 4 nitrogen and oxygen atoms in total. The van der Waals surface area contributed by atoms with Crippen molar-refractivity contribution in [1.82, 2.24) is 15.0 Å². The van der Waals surface area contributed by atoms with Crippen LogP contribution in [0.15, 0.2) is 41.4 Å². The zero-order valence-electron chi connectivity index (χ0n) is 11.3. The standard InChI is InChI=1S/C15H18N4/c1-3-14(12-9-8-11(2)10-16-12)19-15-7-5-4-6-13(15)17-18-19/h4-9,11,14H,3,10H2,1-2H3/t11-,14?/m1/s1. The molecule has 1 aromatic heterocycles. The molecule has 0 spiro atoms. The van der Waals surface area contributed by atoms with Gasteiger partial charge in [-0.1, -0.05) is 37.3 Å². The molecule has 1 unspecified atom stereocenters. The number of rotatable bonds is 3. The van der Waals surface area contributed by atoms with E-state index in [1.807, 2.05) is 22.9 Å². The van der Waals surface area contributed by atoms with Gasteiger partial charge < -0.3 is 0 Å². The van der Waals surface area contributed by atoms with Crippen LogP contribution in [0, 0.1) is 5.92 Å². The molecule has 0 bridgehead atoms. The third-order valence-corrected chi connectivity index (χ3v) is 3.56. The van der Waals surface area contributed by atoms with E-state index in [2.05, 4.69) is 47.4 Å². The number of fused-ring (bicyclic) bond motifs is 1. The Morgan fingerprint density at radius 1 is 1.37 bits per heavy atom. The average Bonchev–Trinajstić information content (AvgIpc) is 2.86. The third kappa shape index (κ3) is 2.18. The largest absolute Gasteiger partial charge is 0.287 e. The molecule has 19 heavy (non-hydrogen) atoms. The minimum atomic E-state index is 0.177. The van der Waals surface area contributed by atoms with E-state index >= 15 is 0 Å². The molecule has 2 aromatic rings. The SMILES string of the molecule is CCC(C1=NC[C@H](C)C=C1)n1nnc2ccccc21. The molecule has 1 aromatic carbocycles. The van der Waals surface area contributed by atoms with Gasteiger partial charge in [0.1, 0.15) is 5.52 Å². The van der Waals surface area contributed by atoms with Gasteiger partial charge in [0, 0.05) is 6.54 Å². The fourth-order valence-electron chi connectivity index (χ4n) is 2.47. The lowest BCUT2D eigenvalue weighted by atomic mass is 10.0. The smallest absolute Gasteiger partial charge is 0.113 e. The van der Waals surface area contributed by atoms with Gasteiger partial charge in [0.25, 0.3) is 0 Å². The maximum absolute atomic E-state index is 4.69. The molecule has 0 N–H and O–H groups in total. The first-order valence-corrected chi connectivity index (χ1v) is 6.82. The van der Waals surface area contributed by atoms with E-state index in [-0.39, 0.29) is 6.04 Å². The van der Waals surface area contributed by atoms with E-state index in [1.54, 1.807) is 0 Å². The molecular weight excluding hydrogens is 236 g/mol. The fraction of sp³-hybridized carbons (Fsp3) is 0.400. The van der Waals surface area contributed by atoms with Crippen molar-refractivity contribution in [1.29, 1.82) is 0 Å². The lowest BCUT2D eigenvalue weighted by Gasteiger charge is -2.20. The maximum atomic E-state index is 4.69. The van der Waals surface area contributed by atoms with Crippen LogP contribution >= 0.6 is 0 Å². The second kappa shape index (κ2) is 4.96. The summed E-state index contributed by atoms with van der Waals surface area (Å²) in [6, 6.07) is 8.24. The van der Waals surface area contributed by atoms with Crippen LogP contribution in [-0.4, -0.2) is 27.3 Å². The minimum Gasteiger partial charge on any atom is -0.287 e. The molecule has 0 aliphatic carbocycles. The Morgan fingerprint density at radius 3 is 2.95 bits per heavy atom. The van der Waals surface area contributed by atoms with Gasteiger partial charge in [-0.15, -0.1) is 5.10 Å². The minimum absolute atomic E-state index is 0.177. The average molecular weight is 254 g/mol. The molecule has 4 heteroatoms. The summed E-state index contributed by atoms with van der Waals surface area (Å²) in [5, 5.41) is 8.54. The van der Waals surface area contributed by atoms with E-state index < -0.39 is 0 Å². The van der Waals surface area contributed by atoms with Crippen LogP contribution in [0.4, 0.5) is 0 Å². The third-order valence-electron chi connectivity index (χ3n) is 3.56. The molecule has 0 saturated heterocycles. The predicted molar refractivity (Wildman–Crippen MR) is 77.5 cm³/mol. The Hall–Kier alpha value is -1.97. The Balaban J connectivity index is 2.01. The summed E-state index contributed by atoms with van der Waals surface area (Å²) >= 11 is 0. The number of aliphatic imine (C=N–C) groups is 1. The van der Waals surface area contributed by atoms with Gasteiger partial charge in [0.2, 0.25) is 0 Å². The van der Waals surface area contributed by atoms with Crippen molar-refractivity contribution in [3.63, 3.8) is 0 Å². The van der Waals surface area contributed by atoms with E-state index in [0.29, 0.717) is 5.92 Å². The number of para-hydroxylation sites is 1. The molecule has 0 amide bonds. The van der Waals surface area contributed by atoms with Crippen molar-refractivity contribution in [2.45, 2.75) is 26.3 Å². The van der Waals surface area contributed by atoms with Crippen molar-refractivity contribution >= 4 is 16.7 Å². The number of dihydropyridines is 1. The highest BCUT2D eigenvalue weighted by Gasteiger charge is 2.19. The second-order valence-corrected chi connectivity index (χ2v) is 5.05. The van der Waals surface area contributed by atoms with Crippen LogP contribution in [0.3, 0.4) is 0 Å². The van der Waals surface area contributed by atoms with E-state index in [0.717, 1.165) is 29.7 Å². The highest BCUT2D eigenvalue weighted by molar-refractivity contribution is 5.99. The lowest BCUT2D eigenvalue weighted by molar-refractivity contribution is 0.544. The molecule has 98 valence electrons. The van der Waals surface area contributed by atoms with Gasteiger partial charge in [-0.05, 0) is 30.5 Å². The highest BCUT2D eigenvalue weighted by Crippen LogP contribution is 2.22. The fourth-order valence-corrected chi connectivity index (χ4v) is 2.47. The molecule has 1 aliphatic heterocycles. The van der Waals surface area contributed by atoms with Gasteiger partial charge in [-0.2, -0.15) is 0 Å². The summed E-state index contributed by atoms with van der Waals surface area (Å²) in [6.07, 6.45) is 5.33. The highest BCUT2D eigenvalue weighted by atomic mass is 15.4. The first kappa shape index (κ1) is 12.1. The van der Waals surface area contributed by atoms with E-state index in [1.165, 1.54) is 0 Å². The molecule has 0 fully saturated rings. The van der Waals surface area contributed by atoms with Crippen molar-refractivity contribution in [2.24, 2.45) is 10.9 Å². The Kier molecular flexibility index (Phi) is 3.15. The summed E-state index contributed by atoms with van der Waals surface area (Å²) in [4.78, 5) is 4.69. The zero-order valence-corrected chi connectivity index (χ0v) is 11.3. The number of nitrogens with zero attached hydrogens (tertiary/aromatic N) is 4. The first-order valence-electron chi connectivity index (χ1n) is 6.82. The predicted octanol–water partition coefficient (Wildman–Crippen LogP) is 3.03. The first-order chi connectivity index (χ1) is 9.29. The van der Waals surface area contributed by atoms with Gasteiger partial charge in [-0.25, -0.2) is 4.68 Å². The van der Waals surface area contributed by atoms with E-state index in [9.17, 15) is 0 Å². The summed E-state index contributed by atoms with van der Waals surface area (Å²) < 4.78 is 1.99. The van der Waals surface area contributed by atoms with Crippen LogP contribution < -0.4 is 0 Å². The monoisotopic (exact) mass is 254 g/mol. The molecule has 2 heterocycles. The van der Waals surface area contributed by atoms with Crippen molar-refractivity contribution in [3.05, 3.63) is 36.4 Å². The number of hydrogen-bond acceptors (Lipinski definition) is 3. The summed E-state index contributed by atoms with van der Waals surface area (Å²) in [6.45, 7) is 5.22. The van der Waals surface area contributed by atoms with Crippen LogP contribution in [0.25, 0.3) is 11.0 Å². The van der Waals surface area contributed by atoms with Gasteiger partial charge in [-0.3, -0.25) is 4.99 Å². The molecule has 3 rings (SSSR count). The number of allylic oxidation sites excluding steroid dienone is 1. The lowest BCUT2D eigenvalue weighted by Crippen LogP contribution is -2.21. The quantitative estimate of drug-likeness (QED) is 0.845. The molecular formula is C15H18N4. The Bertz CT molecular complexity index is 638. The Labute approximate surface area is 112 Å². The normalized spacial score (nSPS) is 20.5. The van der Waals surface area contributed by atoms with E-state index in [4.69, 9.17) is 0 Å². The molecule has 2 atom stereocenters. The number of benzene rings is 1. The molecule has 0 saturated carbocycles. The summed E-state index contributed by atoms with van der Waals surface area (Å²) in [5.74, 6) is 0.536. The Morgan fingerprint density at radius 2 is 2.21 bits per heavy atom. The second-order valence-electron chi connectivity index (χ2n) is 5.05. The van der Waals surface area contributed by atoms with Crippen LogP contribution in [0.5, 0.6) is 0 Å². The van der Waals surface area contributed by atoms with Crippen LogP contribution in [0.2, 0.25) is 0 Å². The number of aromatic nitrogens is 3. The van der Waals surface area contributed by atoms with Gasteiger partial charge in [0.05, 0.1) is 17.3 Å². The van der Waals surface area contributed by atoms with Crippen LogP contribution in [-0.2, 0) is 0 Å². The topological polar surface area (TPSA) is 43.1 Å². The van der Waals surface area contributed by atoms with Gasteiger partial charge >= 0.3 is 0 Å². The molecule has 1 aliphatic rings. The van der Waals surface area contributed by atoms with Crippen molar-refractivity contribution in [2.75, 3.05) is 6.54 Å². The van der Waals surface area contributed by atoms with Crippen molar-refractivity contribution < 1.29 is 0 Å². The summed E-state index contributed by atoms with van der Waals surface area (Å²) in [7, 11) is 0. The zero-order chi connectivity index (χ0) is 13.2.